The number of hydrogen-bond donors (Lipinski definition) is 2. The fourth-order valence-corrected chi connectivity index (χ4v) is 5.60. The first-order valence-corrected chi connectivity index (χ1v) is 14.0. The first-order valence-electron chi connectivity index (χ1n) is 13.6. The number of imidazole rings is 1. The molecule has 0 saturated carbocycles. The van der Waals surface area contributed by atoms with E-state index in [1.807, 2.05) is 4.90 Å². The van der Waals surface area contributed by atoms with E-state index >= 15 is 0 Å². The van der Waals surface area contributed by atoms with E-state index in [4.69, 9.17) is 16.3 Å². The summed E-state index contributed by atoms with van der Waals surface area (Å²) < 4.78 is 35.0. The van der Waals surface area contributed by atoms with E-state index in [-0.39, 0.29) is 51.1 Å². The fraction of sp³-hybridized carbons (Fsp3) is 0.379. The lowest BCUT2D eigenvalue weighted by Crippen LogP contribution is -2.52. The molecule has 3 amide bonds. The molecule has 2 aliphatic heterocycles. The van der Waals surface area contributed by atoms with Crippen molar-refractivity contribution in [1.29, 1.82) is 0 Å². The molecule has 222 valence electrons. The van der Waals surface area contributed by atoms with Gasteiger partial charge in [0, 0.05) is 50.4 Å². The Morgan fingerprint density at radius 3 is 2.38 bits per heavy atom. The highest BCUT2D eigenvalue weighted by Crippen LogP contribution is 2.30. The molecule has 1 aromatic heterocycles. The van der Waals surface area contributed by atoms with Crippen LogP contribution in [0.4, 0.5) is 14.5 Å². The smallest absolute Gasteiger partial charge is 0.291 e. The second-order valence-electron chi connectivity index (χ2n) is 10.3. The predicted octanol–water partition coefficient (Wildman–Crippen LogP) is 3.56. The zero-order valence-corrected chi connectivity index (χ0v) is 24.0. The van der Waals surface area contributed by atoms with Crippen molar-refractivity contribution in [2.75, 3.05) is 51.7 Å². The third-order valence-corrected chi connectivity index (χ3v) is 8.07. The van der Waals surface area contributed by atoms with Crippen LogP contribution >= 0.6 is 11.6 Å². The van der Waals surface area contributed by atoms with Crippen molar-refractivity contribution in [2.45, 2.75) is 12.8 Å². The van der Waals surface area contributed by atoms with Crippen molar-refractivity contribution in [3.8, 4) is 17.0 Å². The van der Waals surface area contributed by atoms with Crippen LogP contribution < -0.4 is 15.4 Å². The number of hydrogen-bond acceptors (Lipinski definition) is 6. The number of methoxy groups -OCH3 is 1. The third kappa shape index (κ3) is 5.82. The number of aromatic nitrogens is 2. The number of nitrogens with zero attached hydrogens (tertiary/aromatic N) is 4. The molecule has 3 heterocycles. The molecule has 0 spiro atoms. The number of ether oxygens (including phenoxy) is 1. The van der Waals surface area contributed by atoms with E-state index in [1.165, 1.54) is 49.2 Å². The average Bonchev–Trinajstić information content (AvgIpc) is 3.39. The number of benzene rings is 2. The molecule has 13 heteroatoms. The number of piperazine rings is 1. The zero-order chi connectivity index (χ0) is 30.0. The number of halogens is 3. The van der Waals surface area contributed by atoms with Gasteiger partial charge in [-0.3, -0.25) is 14.4 Å². The van der Waals surface area contributed by atoms with Gasteiger partial charge >= 0.3 is 0 Å². The number of carbonyl (C=O) groups excluding carboxylic acids is 3. The van der Waals surface area contributed by atoms with Crippen molar-refractivity contribution in [3.63, 3.8) is 0 Å². The van der Waals surface area contributed by atoms with E-state index in [0.717, 1.165) is 25.9 Å². The van der Waals surface area contributed by atoms with Crippen LogP contribution in [0.2, 0.25) is 5.02 Å². The summed E-state index contributed by atoms with van der Waals surface area (Å²) in [5.41, 5.74) is 0.717. The number of carbonyl (C=O) groups is 3. The van der Waals surface area contributed by atoms with Gasteiger partial charge in [0.1, 0.15) is 0 Å². The molecular weight excluding hydrogens is 570 g/mol. The van der Waals surface area contributed by atoms with Crippen molar-refractivity contribution in [3.05, 3.63) is 64.6 Å². The molecule has 0 atom stereocenters. The number of piperidine rings is 1. The molecule has 42 heavy (non-hydrogen) atoms. The Morgan fingerprint density at radius 1 is 1.02 bits per heavy atom. The second kappa shape index (κ2) is 12.5. The summed E-state index contributed by atoms with van der Waals surface area (Å²) in [7, 11) is 2.74. The summed E-state index contributed by atoms with van der Waals surface area (Å²) in [6, 6.07) is 7.19. The van der Waals surface area contributed by atoms with Crippen LogP contribution in [0.15, 0.2) is 36.5 Å². The minimum absolute atomic E-state index is 0.0367. The van der Waals surface area contributed by atoms with E-state index in [0.29, 0.717) is 31.9 Å². The van der Waals surface area contributed by atoms with Crippen LogP contribution in [0.3, 0.4) is 0 Å². The Labute approximate surface area is 246 Å². The van der Waals surface area contributed by atoms with Gasteiger partial charge in [-0.05, 0) is 56.3 Å². The molecule has 5 rings (SSSR count). The maximum absolute atomic E-state index is 14.6. The lowest BCUT2D eigenvalue weighted by molar-refractivity contribution is -0.137. The normalized spacial score (nSPS) is 15.9. The van der Waals surface area contributed by atoms with Crippen LogP contribution in [-0.4, -0.2) is 83.5 Å². The monoisotopic (exact) mass is 600 g/mol. The van der Waals surface area contributed by atoms with Crippen LogP contribution in [0, 0.1) is 17.6 Å². The van der Waals surface area contributed by atoms with Gasteiger partial charge in [0.05, 0.1) is 29.6 Å². The van der Waals surface area contributed by atoms with E-state index in [1.54, 1.807) is 11.0 Å². The largest absolute Gasteiger partial charge is 0.494 e. The maximum atomic E-state index is 14.6. The molecule has 0 unspecified atom stereocenters. The van der Waals surface area contributed by atoms with Gasteiger partial charge in [0.2, 0.25) is 11.7 Å². The lowest BCUT2D eigenvalue weighted by atomic mass is 9.96. The highest BCUT2D eigenvalue weighted by atomic mass is 35.5. The van der Waals surface area contributed by atoms with E-state index < -0.39 is 17.5 Å². The van der Waals surface area contributed by atoms with Crippen LogP contribution in [0.1, 0.15) is 33.8 Å². The predicted molar refractivity (Wildman–Crippen MR) is 153 cm³/mol. The van der Waals surface area contributed by atoms with Gasteiger partial charge in [0.25, 0.3) is 11.8 Å². The topological polar surface area (TPSA) is 109 Å². The Morgan fingerprint density at radius 2 is 1.71 bits per heavy atom. The molecule has 2 aliphatic rings. The quantitative estimate of drug-likeness (QED) is 0.448. The number of rotatable bonds is 6. The van der Waals surface area contributed by atoms with Crippen LogP contribution in [0.5, 0.6) is 5.75 Å². The van der Waals surface area contributed by atoms with Gasteiger partial charge in [0.15, 0.2) is 17.4 Å². The van der Waals surface area contributed by atoms with Gasteiger partial charge < -0.3 is 29.7 Å². The Bertz CT molecular complexity index is 1520. The summed E-state index contributed by atoms with van der Waals surface area (Å²) in [4.78, 5) is 46.6. The van der Waals surface area contributed by atoms with Gasteiger partial charge in [-0.15, -0.1) is 0 Å². The van der Waals surface area contributed by atoms with E-state index in [2.05, 4.69) is 15.6 Å². The maximum Gasteiger partial charge on any atom is 0.291 e. The lowest BCUT2D eigenvalue weighted by Gasteiger charge is -2.37. The molecule has 2 fully saturated rings. The third-order valence-electron chi connectivity index (χ3n) is 7.76. The summed E-state index contributed by atoms with van der Waals surface area (Å²) >= 11 is 6.45. The average molecular weight is 601 g/mol. The molecule has 2 saturated heterocycles. The van der Waals surface area contributed by atoms with Gasteiger partial charge in [-0.2, -0.15) is 4.39 Å². The summed E-state index contributed by atoms with van der Waals surface area (Å²) in [6.45, 7) is 3.45. The molecule has 0 bridgehead atoms. The first-order chi connectivity index (χ1) is 20.2. The van der Waals surface area contributed by atoms with Crippen molar-refractivity contribution in [2.24, 2.45) is 13.0 Å². The van der Waals surface area contributed by atoms with Gasteiger partial charge in [-0.1, -0.05) is 11.6 Å². The fourth-order valence-electron chi connectivity index (χ4n) is 5.34. The molecule has 0 radical (unpaired) electrons. The molecular formula is C29H31ClF2N6O4. The van der Waals surface area contributed by atoms with Crippen molar-refractivity contribution in [1.82, 2.24) is 24.7 Å². The number of nitrogens with one attached hydrogen (secondary N) is 2. The Kier molecular flexibility index (Phi) is 8.74. The summed E-state index contributed by atoms with van der Waals surface area (Å²) in [5.74, 6) is -3.21. The Balaban J connectivity index is 1.22. The van der Waals surface area contributed by atoms with E-state index in [9.17, 15) is 23.2 Å². The standard InChI is InChI=1S/C29H31ClF2N6O4/c1-36-22(20-5-6-23(42-2)25(32)24(20)31)16-34-26(36)27(39)35-18-3-4-19(21(30)15-18)29(41)38-13-11-37(12-14-38)28(40)17-7-9-33-10-8-17/h3-6,15-17,33H,7-14H2,1-2H3,(H,35,39). The van der Waals surface area contributed by atoms with Crippen LogP contribution in [0.25, 0.3) is 11.3 Å². The highest BCUT2D eigenvalue weighted by molar-refractivity contribution is 6.34. The molecule has 2 N–H and O–H groups in total. The minimum atomic E-state index is -1.14. The summed E-state index contributed by atoms with van der Waals surface area (Å²) in [6.07, 6.45) is 2.94. The molecule has 3 aromatic rings. The second-order valence-corrected chi connectivity index (χ2v) is 10.7. The zero-order valence-electron chi connectivity index (χ0n) is 23.3. The minimum Gasteiger partial charge on any atom is -0.494 e. The molecule has 2 aromatic carbocycles. The van der Waals surface area contributed by atoms with Crippen molar-refractivity contribution >= 4 is 35.0 Å². The molecule has 0 aliphatic carbocycles. The Hall–Kier alpha value is -4.03. The highest BCUT2D eigenvalue weighted by Gasteiger charge is 2.30. The van der Waals surface area contributed by atoms with Crippen molar-refractivity contribution < 1.29 is 27.9 Å². The SMILES string of the molecule is COc1ccc(-c2cnc(C(=O)Nc3ccc(C(=O)N4CCN(C(=O)C5CCNCC5)CC4)c(Cl)c3)n2C)c(F)c1F. The van der Waals surface area contributed by atoms with Gasteiger partial charge in [-0.25, -0.2) is 9.37 Å². The molecule has 10 nitrogen and oxygen atoms in total. The van der Waals surface area contributed by atoms with Crippen LogP contribution in [-0.2, 0) is 11.8 Å². The summed E-state index contributed by atoms with van der Waals surface area (Å²) in [5, 5.41) is 6.10. The number of anilines is 1. The first kappa shape index (κ1) is 29.5. The number of amides is 3.